The van der Waals surface area contributed by atoms with E-state index in [0.29, 0.717) is 5.82 Å². The van der Waals surface area contributed by atoms with Gasteiger partial charge in [-0.3, -0.25) is 10.1 Å². The molecule has 0 radical (unpaired) electrons. The largest absolute Gasteiger partial charge is 0.367 e. The summed E-state index contributed by atoms with van der Waals surface area (Å²) in [7, 11) is 0. The molecule has 0 saturated heterocycles. The Kier molecular flexibility index (Phi) is 8.52. The second-order valence-electron chi connectivity index (χ2n) is 3.39. The summed E-state index contributed by atoms with van der Waals surface area (Å²) in [6, 6.07) is 0. The summed E-state index contributed by atoms with van der Waals surface area (Å²) in [5.74, 6) is 0.516. The van der Waals surface area contributed by atoms with Gasteiger partial charge in [-0.1, -0.05) is 26.7 Å². The third kappa shape index (κ3) is 9.05. The van der Waals surface area contributed by atoms with Crippen LogP contribution in [-0.2, 0) is 0 Å². The molecule has 0 aliphatic heterocycles. The van der Waals surface area contributed by atoms with E-state index in [-0.39, 0.29) is 0 Å². The molecule has 5 heteroatoms. The van der Waals surface area contributed by atoms with E-state index in [2.05, 4.69) is 24.5 Å². The van der Waals surface area contributed by atoms with Crippen LogP contribution in [0.5, 0.6) is 0 Å². The number of hydrogen-bond acceptors (Lipinski definition) is 4. The predicted molar refractivity (Wildman–Crippen MR) is 60.9 cm³/mol. The maximum absolute atomic E-state index is 10.3. The second kappa shape index (κ2) is 9.30. The van der Waals surface area contributed by atoms with Crippen LogP contribution in [0.4, 0.5) is 0 Å². The molecule has 0 aliphatic rings. The fourth-order valence-corrected chi connectivity index (χ4v) is 1.06. The summed E-state index contributed by atoms with van der Waals surface area (Å²) < 4.78 is 0. The minimum atomic E-state index is -0.437. The molecule has 0 fully saturated rings. The lowest BCUT2D eigenvalue weighted by Gasteiger charge is -2.10. The third-order valence-electron chi connectivity index (χ3n) is 1.93. The predicted octanol–water partition coefficient (Wildman–Crippen LogP) is 1.84. The lowest BCUT2D eigenvalue weighted by Crippen LogP contribution is -2.28. The summed E-state index contributed by atoms with van der Waals surface area (Å²) >= 11 is 0. The van der Waals surface area contributed by atoms with Gasteiger partial charge in [0.25, 0.3) is 6.20 Å². The summed E-state index contributed by atoms with van der Waals surface area (Å²) in [5.41, 5.74) is 0. The van der Waals surface area contributed by atoms with E-state index in [4.69, 9.17) is 0 Å². The number of nitrogens with one attached hydrogen (secondary N) is 2. The zero-order valence-electron chi connectivity index (χ0n) is 9.58. The zero-order chi connectivity index (χ0) is 11.5. The highest BCUT2D eigenvalue weighted by molar-refractivity contribution is 4.91. The van der Waals surface area contributed by atoms with Crippen molar-refractivity contribution in [3.05, 3.63) is 22.1 Å². The average Bonchev–Trinajstić information content (AvgIpc) is 2.17. The molecule has 0 aromatic heterocycles. The third-order valence-corrected chi connectivity index (χ3v) is 1.93. The molecule has 0 aromatic carbocycles. The summed E-state index contributed by atoms with van der Waals surface area (Å²) in [6.07, 6.45) is 5.18. The first-order valence-corrected chi connectivity index (χ1v) is 5.53. The van der Waals surface area contributed by atoms with Crippen LogP contribution in [0.3, 0.4) is 0 Å². The highest BCUT2D eigenvalue weighted by atomic mass is 16.6. The topological polar surface area (TPSA) is 67.2 Å². The smallest absolute Gasteiger partial charge is 0.274 e. The summed E-state index contributed by atoms with van der Waals surface area (Å²) in [6.45, 7) is 5.72. The minimum absolute atomic E-state index is 0.437. The van der Waals surface area contributed by atoms with Crippen LogP contribution in [0.25, 0.3) is 0 Å². The molecule has 0 atom stereocenters. The van der Waals surface area contributed by atoms with Crippen molar-refractivity contribution in [3.63, 3.8) is 0 Å². The average molecular weight is 215 g/mol. The molecular weight excluding hydrogens is 194 g/mol. The van der Waals surface area contributed by atoms with Crippen molar-refractivity contribution in [1.29, 1.82) is 0 Å². The Balaban J connectivity index is 3.90. The number of unbranched alkanes of at least 4 members (excludes halogenated alkanes) is 2. The first-order chi connectivity index (χ1) is 7.20. The Bertz CT molecular complexity index is 193. The zero-order valence-corrected chi connectivity index (χ0v) is 9.58. The molecule has 0 saturated carbocycles. The molecule has 15 heavy (non-hydrogen) atoms. The molecule has 88 valence electrons. The lowest BCUT2D eigenvalue weighted by atomic mass is 10.3. The van der Waals surface area contributed by atoms with Gasteiger partial charge in [0.1, 0.15) is 0 Å². The molecule has 0 aliphatic carbocycles. The Labute approximate surface area is 91.1 Å². The molecular formula is C10H21N3O2. The molecule has 2 N–H and O–H groups in total. The van der Waals surface area contributed by atoms with E-state index in [1.165, 1.54) is 0 Å². The highest BCUT2D eigenvalue weighted by Crippen LogP contribution is 1.90. The van der Waals surface area contributed by atoms with Crippen molar-refractivity contribution in [2.24, 2.45) is 0 Å². The number of hydrogen-bond donors (Lipinski definition) is 2. The van der Waals surface area contributed by atoms with Gasteiger partial charge in [0, 0.05) is 13.1 Å². The van der Waals surface area contributed by atoms with Crippen molar-refractivity contribution >= 4 is 0 Å². The van der Waals surface area contributed by atoms with E-state index < -0.39 is 4.92 Å². The van der Waals surface area contributed by atoms with Gasteiger partial charge in [-0.15, -0.1) is 0 Å². The van der Waals surface area contributed by atoms with Crippen molar-refractivity contribution in [2.75, 3.05) is 13.1 Å². The molecule has 0 heterocycles. The van der Waals surface area contributed by atoms with Crippen LogP contribution in [0, 0.1) is 10.1 Å². The van der Waals surface area contributed by atoms with Crippen LogP contribution in [-0.4, -0.2) is 18.0 Å². The SMILES string of the molecule is CCCCNC(=C[N+](=O)[O-])NCCCC. The Hall–Kier alpha value is -1.26. The van der Waals surface area contributed by atoms with Crippen LogP contribution in [0.1, 0.15) is 39.5 Å². The fraction of sp³-hybridized carbons (Fsp3) is 0.800. The van der Waals surface area contributed by atoms with E-state index in [0.717, 1.165) is 45.0 Å². The van der Waals surface area contributed by atoms with E-state index in [9.17, 15) is 10.1 Å². The molecule has 5 nitrogen and oxygen atoms in total. The summed E-state index contributed by atoms with van der Waals surface area (Å²) in [4.78, 5) is 9.89. The quantitative estimate of drug-likeness (QED) is 0.350. The minimum Gasteiger partial charge on any atom is -0.367 e. The second-order valence-corrected chi connectivity index (χ2v) is 3.39. The Morgan fingerprint density at radius 3 is 2.00 bits per heavy atom. The van der Waals surface area contributed by atoms with E-state index in [1.807, 2.05) is 0 Å². The van der Waals surface area contributed by atoms with Crippen LogP contribution >= 0.6 is 0 Å². The van der Waals surface area contributed by atoms with Crippen LogP contribution in [0.15, 0.2) is 12.0 Å². The van der Waals surface area contributed by atoms with Gasteiger partial charge < -0.3 is 10.6 Å². The number of nitro groups is 1. The van der Waals surface area contributed by atoms with Gasteiger partial charge in [0.2, 0.25) is 0 Å². The van der Waals surface area contributed by atoms with Gasteiger partial charge in [-0.25, -0.2) is 0 Å². The molecule has 0 bridgehead atoms. The van der Waals surface area contributed by atoms with Gasteiger partial charge in [0.15, 0.2) is 5.82 Å². The first-order valence-electron chi connectivity index (χ1n) is 5.53. The maximum atomic E-state index is 10.3. The number of rotatable bonds is 9. The molecule has 0 rings (SSSR count). The molecule has 0 aromatic rings. The molecule has 0 spiro atoms. The van der Waals surface area contributed by atoms with Crippen molar-refractivity contribution in [1.82, 2.24) is 10.6 Å². The maximum Gasteiger partial charge on any atom is 0.274 e. The van der Waals surface area contributed by atoms with E-state index in [1.54, 1.807) is 0 Å². The Morgan fingerprint density at radius 2 is 1.67 bits per heavy atom. The van der Waals surface area contributed by atoms with Gasteiger partial charge in [0.05, 0.1) is 4.92 Å². The molecule has 0 unspecified atom stereocenters. The van der Waals surface area contributed by atoms with Gasteiger partial charge in [-0.2, -0.15) is 0 Å². The standard InChI is InChI=1S/C10H21N3O2/c1-3-5-7-11-10(9-13(14)15)12-8-6-4-2/h9,11-12H,3-8H2,1-2H3. The fourth-order valence-electron chi connectivity index (χ4n) is 1.06. The summed E-state index contributed by atoms with van der Waals surface area (Å²) in [5, 5.41) is 16.4. The van der Waals surface area contributed by atoms with Crippen molar-refractivity contribution in [2.45, 2.75) is 39.5 Å². The Morgan fingerprint density at radius 1 is 1.20 bits per heavy atom. The molecule has 0 amide bonds. The first kappa shape index (κ1) is 13.7. The van der Waals surface area contributed by atoms with E-state index >= 15 is 0 Å². The van der Waals surface area contributed by atoms with Crippen LogP contribution < -0.4 is 10.6 Å². The van der Waals surface area contributed by atoms with Gasteiger partial charge in [-0.05, 0) is 12.8 Å². The normalized spacial score (nSPS) is 9.47. The lowest BCUT2D eigenvalue weighted by molar-refractivity contribution is -0.404. The van der Waals surface area contributed by atoms with Crippen molar-refractivity contribution in [3.8, 4) is 0 Å². The van der Waals surface area contributed by atoms with Crippen molar-refractivity contribution < 1.29 is 4.92 Å². The van der Waals surface area contributed by atoms with Crippen LogP contribution in [0.2, 0.25) is 0 Å². The monoisotopic (exact) mass is 215 g/mol. The highest BCUT2D eigenvalue weighted by Gasteiger charge is 2.00. The number of nitrogens with zero attached hydrogens (tertiary/aromatic N) is 1. The van der Waals surface area contributed by atoms with Gasteiger partial charge >= 0.3 is 0 Å².